The van der Waals surface area contributed by atoms with E-state index in [0.717, 1.165) is 17.9 Å². The third kappa shape index (κ3) is 4.00. The second-order valence-electron chi connectivity index (χ2n) is 5.11. The summed E-state index contributed by atoms with van der Waals surface area (Å²) in [6, 6.07) is 0.740. The van der Waals surface area contributed by atoms with E-state index in [2.05, 4.69) is 26.1 Å². The Balaban J connectivity index is 2.16. The van der Waals surface area contributed by atoms with E-state index in [0.29, 0.717) is 0 Å². The zero-order valence-corrected chi connectivity index (χ0v) is 10.2. The highest BCUT2D eigenvalue weighted by molar-refractivity contribution is 4.76. The Bertz CT molecular complexity index is 138. The molecule has 0 amide bonds. The Hall–Kier alpha value is -0.0400. The third-order valence-electron chi connectivity index (χ3n) is 3.84. The summed E-state index contributed by atoms with van der Waals surface area (Å²) in [5.41, 5.74) is 0. The van der Waals surface area contributed by atoms with Gasteiger partial charge in [-0.1, -0.05) is 39.5 Å². The minimum atomic E-state index is 0.740. The molecule has 0 bridgehead atoms. The normalized spacial score (nSPS) is 23.4. The van der Waals surface area contributed by atoms with Crippen molar-refractivity contribution in [3.63, 3.8) is 0 Å². The first-order valence-corrected chi connectivity index (χ1v) is 6.47. The molecule has 0 radical (unpaired) electrons. The molecule has 1 heteroatoms. The lowest BCUT2D eigenvalue weighted by molar-refractivity contribution is 0.273. The highest BCUT2D eigenvalue weighted by Crippen LogP contribution is 2.26. The molecule has 0 aromatic carbocycles. The summed E-state index contributed by atoms with van der Waals surface area (Å²) in [6.45, 7) is 8.19. The van der Waals surface area contributed by atoms with Crippen LogP contribution in [0.25, 0.3) is 0 Å². The predicted octanol–water partition coefficient (Wildman–Crippen LogP) is 3.59. The van der Waals surface area contributed by atoms with Gasteiger partial charge in [-0.25, -0.2) is 0 Å². The van der Waals surface area contributed by atoms with Crippen LogP contribution in [0.5, 0.6) is 0 Å². The van der Waals surface area contributed by atoms with E-state index >= 15 is 0 Å². The van der Waals surface area contributed by atoms with Crippen LogP contribution in [0, 0.1) is 11.8 Å². The molecule has 0 spiro atoms. The summed E-state index contributed by atoms with van der Waals surface area (Å²) < 4.78 is 0. The van der Waals surface area contributed by atoms with Crippen LogP contribution in [-0.4, -0.2) is 12.6 Å². The van der Waals surface area contributed by atoms with Gasteiger partial charge in [-0.05, 0) is 38.1 Å². The van der Waals surface area contributed by atoms with Gasteiger partial charge in [0.1, 0.15) is 0 Å². The molecule has 1 saturated carbocycles. The SMILES string of the molecule is CC[C@@H](C)CN[C@@H](C)C1CCCCC1. The van der Waals surface area contributed by atoms with Gasteiger partial charge in [0.15, 0.2) is 0 Å². The monoisotopic (exact) mass is 197 g/mol. The van der Waals surface area contributed by atoms with Crippen molar-refractivity contribution in [2.75, 3.05) is 6.54 Å². The maximum atomic E-state index is 3.70. The maximum Gasteiger partial charge on any atom is 0.00671 e. The van der Waals surface area contributed by atoms with Crippen molar-refractivity contribution >= 4 is 0 Å². The largest absolute Gasteiger partial charge is 0.314 e. The summed E-state index contributed by atoms with van der Waals surface area (Å²) in [6.07, 6.45) is 8.59. The fourth-order valence-corrected chi connectivity index (χ4v) is 2.33. The van der Waals surface area contributed by atoms with Crippen LogP contribution in [0.3, 0.4) is 0 Å². The molecule has 1 N–H and O–H groups in total. The molecule has 0 unspecified atom stereocenters. The Labute approximate surface area is 89.7 Å². The van der Waals surface area contributed by atoms with Crippen LogP contribution in [0.2, 0.25) is 0 Å². The van der Waals surface area contributed by atoms with Crippen LogP contribution in [0.15, 0.2) is 0 Å². The lowest BCUT2D eigenvalue weighted by Gasteiger charge is -2.29. The molecule has 14 heavy (non-hydrogen) atoms. The molecule has 1 fully saturated rings. The summed E-state index contributed by atoms with van der Waals surface area (Å²) in [5.74, 6) is 1.79. The molecular weight excluding hydrogens is 170 g/mol. The van der Waals surface area contributed by atoms with Gasteiger partial charge in [-0.15, -0.1) is 0 Å². The minimum absolute atomic E-state index is 0.740. The summed E-state index contributed by atoms with van der Waals surface area (Å²) in [4.78, 5) is 0. The molecule has 0 aromatic rings. The first kappa shape index (κ1) is 12.0. The molecule has 1 aliphatic carbocycles. The van der Waals surface area contributed by atoms with Crippen molar-refractivity contribution < 1.29 is 0 Å². The van der Waals surface area contributed by atoms with Gasteiger partial charge in [0.05, 0.1) is 0 Å². The first-order chi connectivity index (χ1) is 6.74. The highest BCUT2D eigenvalue weighted by atomic mass is 14.9. The van der Waals surface area contributed by atoms with Crippen LogP contribution in [-0.2, 0) is 0 Å². The van der Waals surface area contributed by atoms with E-state index in [1.807, 2.05) is 0 Å². The predicted molar refractivity (Wildman–Crippen MR) is 63.5 cm³/mol. The van der Waals surface area contributed by atoms with Crippen molar-refractivity contribution in [3.8, 4) is 0 Å². The average molecular weight is 197 g/mol. The Morgan fingerprint density at radius 3 is 2.36 bits per heavy atom. The van der Waals surface area contributed by atoms with Gasteiger partial charge in [0, 0.05) is 6.04 Å². The molecule has 1 rings (SSSR count). The number of nitrogens with one attached hydrogen (secondary N) is 1. The van der Waals surface area contributed by atoms with Gasteiger partial charge in [0.2, 0.25) is 0 Å². The van der Waals surface area contributed by atoms with Crippen molar-refractivity contribution in [2.24, 2.45) is 11.8 Å². The zero-order valence-electron chi connectivity index (χ0n) is 10.2. The lowest BCUT2D eigenvalue weighted by atomic mass is 9.84. The van der Waals surface area contributed by atoms with Crippen LogP contribution in [0.1, 0.15) is 59.3 Å². The van der Waals surface area contributed by atoms with E-state index < -0.39 is 0 Å². The maximum absolute atomic E-state index is 3.70. The quantitative estimate of drug-likeness (QED) is 0.710. The van der Waals surface area contributed by atoms with Gasteiger partial charge < -0.3 is 5.32 Å². The molecule has 0 saturated heterocycles. The topological polar surface area (TPSA) is 12.0 Å². The molecule has 1 nitrogen and oxygen atoms in total. The fraction of sp³-hybridized carbons (Fsp3) is 1.00. The van der Waals surface area contributed by atoms with Crippen molar-refractivity contribution in [1.29, 1.82) is 0 Å². The minimum Gasteiger partial charge on any atom is -0.314 e. The molecule has 2 atom stereocenters. The first-order valence-electron chi connectivity index (χ1n) is 6.47. The molecule has 1 aliphatic rings. The molecule has 0 aromatic heterocycles. The molecule has 84 valence electrons. The Morgan fingerprint density at radius 2 is 1.79 bits per heavy atom. The van der Waals surface area contributed by atoms with Crippen molar-refractivity contribution in [2.45, 2.75) is 65.3 Å². The van der Waals surface area contributed by atoms with Crippen molar-refractivity contribution in [1.82, 2.24) is 5.32 Å². The second kappa shape index (κ2) is 6.44. The van der Waals surface area contributed by atoms with Gasteiger partial charge in [0.25, 0.3) is 0 Å². The summed E-state index contributed by atoms with van der Waals surface area (Å²) in [5, 5.41) is 3.70. The number of hydrogen-bond donors (Lipinski definition) is 1. The molecule has 0 heterocycles. The highest BCUT2D eigenvalue weighted by Gasteiger charge is 2.19. The van der Waals surface area contributed by atoms with E-state index in [-0.39, 0.29) is 0 Å². The number of rotatable bonds is 5. The smallest absolute Gasteiger partial charge is 0.00671 e. The van der Waals surface area contributed by atoms with Crippen LogP contribution < -0.4 is 5.32 Å². The van der Waals surface area contributed by atoms with E-state index in [1.165, 1.54) is 45.1 Å². The molecule has 0 aliphatic heterocycles. The third-order valence-corrected chi connectivity index (χ3v) is 3.84. The van der Waals surface area contributed by atoms with Gasteiger partial charge in [-0.3, -0.25) is 0 Å². The van der Waals surface area contributed by atoms with Gasteiger partial charge in [-0.2, -0.15) is 0 Å². The average Bonchev–Trinajstić information content (AvgIpc) is 2.26. The van der Waals surface area contributed by atoms with E-state index in [1.54, 1.807) is 0 Å². The fourth-order valence-electron chi connectivity index (χ4n) is 2.33. The second-order valence-corrected chi connectivity index (χ2v) is 5.11. The number of hydrogen-bond acceptors (Lipinski definition) is 1. The van der Waals surface area contributed by atoms with E-state index in [4.69, 9.17) is 0 Å². The van der Waals surface area contributed by atoms with Crippen LogP contribution >= 0.6 is 0 Å². The van der Waals surface area contributed by atoms with Gasteiger partial charge >= 0.3 is 0 Å². The van der Waals surface area contributed by atoms with Crippen LogP contribution in [0.4, 0.5) is 0 Å². The van der Waals surface area contributed by atoms with Crippen molar-refractivity contribution in [3.05, 3.63) is 0 Å². The van der Waals surface area contributed by atoms with E-state index in [9.17, 15) is 0 Å². The Morgan fingerprint density at radius 1 is 1.14 bits per heavy atom. The molecular formula is C13H27N. The zero-order chi connectivity index (χ0) is 10.4. The Kier molecular flexibility index (Phi) is 5.54. The lowest BCUT2D eigenvalue weighted by Crippen LogP contribution is -2.37. The standard InChI is InChI=1S/C13H27N/c1-4-11(2)10-14-12(3)13-8-6-5-7-9-13/h11-14H,4-10H2,1-3H3/t11-,12+/m1/s1. The summed E-state index contributed by atoms with van der Waals surface area (Å²) in [7, 11) is 0. The summed E-state index contributed by atoms with van der Waals surface area (Å²) >= 11 is 0.